The molecule has 3 unspecified atom stereocenters. The molecule has 2 heterocycles. The summed E-state index contributed by atoms with van der Waals surface area (Å²) in [5.41, 5.74) is -0.0212. The molecule has 2 aliphatic rings. The highest BCUT2D eigenvalue weighted by Gasteiger charge is 2.41. The van der Waals surface area contributed by atoms with Gasteiger partial charge in [-0.2, -0.15) is 0 Å². The third-order valence-electron chi connectivity index (χ3n) is 4.57. The Morgan fingerprint density at radius 3 is 2.74 bits per heavy atom. The lowest BCUT2D eigenvalue weighted by atomic mass is 9.77. The SMILES string of the molecule is COCC(C)CC(O)C1CCOC2(CCOCC2)C1. The molecule has 0 aromatic heterocycles. The normalized spacial score (nSPS) is 30.2. The Bertz CT molecular complexity index is 257. The molecular formula is C15H28O4. The minimum atomic E-state index is -0.228. The van der Waals surface area contributed by atoms with Crippen LogP contribution in [0.25, 0.3) is 0 Å². The number of aliphatic hydroxyl groups is 1. The molecule has 2 fully saturated rings. The third-order valence-corrected chi connectivity index (χ3v) is 4.57. The fourth-order valence-electron chi connectivity index (χ4n) is 3.44. The van der Waals surface area contributed by atoms with E-state index in [0.717, 1.165) is 58.5 Å². The van der Waals surface area contributed by atoms with Gasteiger partial charge < -0.3 is 19.3 Å². The van der Waals surface area contributed by atoms with Crippen molar-refractivity contribution < 1.29 is 19.3 Å². The van der Waals surface area contributed by atoms with Crippen molar-refractivity contribution in [3.8, 4) is 0 Å². The van der Waals surface area contributed by atoms with Crippen LogP contribution in [0.1, 0.15) is 39.0 Å². The third kappa shape index (κ3) is 4.15. The van der Waals surface area contributed by atoms with E-state index in [-0.39, 0.29) is 11.7 Å². The number of hydrogen-bond acceptors (Lipinski definition) is 4. The van der Waals surface area contributed by atoms with Crippen molar-refractivity contribution in [2.24, 2.45) is 11.8 Å². The molecule has 0 aromatic carbocycles. The highest BCUT2D eigenvalue weighted by molar-refractivity contribution is 4.91. The first kappa shape index (κ1) is 15.2. The van der Waals surface area contributed by atoms with E-state index in [2.05, 4.69) is 6.92 Å². The van der Waals surface area contributed by atoms with Crippen LogP contribution in [0.5, 0.6) is 0 Å². The summed E-state index contributed by atoms with van der Waals surface area (Å²) in [5, 5.41) is 10.4. The van der Waals surface area contributed by atoms with E-state index in [1.165, 1.54) is 0 Å². The van der Waals surface area contributed by atoms with E-state index < -0.39 is 0 Å². The summed E-state index contributed by atoms with van der Waals surface area (Å²) >= 11 is 0. The number of hydrogen-bond donors (Lipinski definition) is 1. The second kappa shape index (κ2) is 7.02. The van der Waals surface area contributed by atoms with E-state index in [4.69, 9.17) is 14.2 Å². The van der Waals surface area contributed by atoms with Gasteiger partial charge in [0, 0.05) is 33.5 Å². The van der Waals surface area contributed by atoms with Gasteiger partial charge in [-0.15, -0.1) is 0 Å². The summed E-state index contributed by atoms with van der Waals surface area (Å²) in [4.78, 5) is 0. The van der Waals surface area contributed by atoms with Crippen molar-refractivity contribution in [3.63, 3.8) is 0 Å². The van der Waals surface area contributed by atoms with Crippen molar-refractivity contribution in [1.29, 1.82) is 0 Å². The fourth-order valence-corrected chi connectivity index (χ4v) is 3.44. The molecule has 0 saturated carbocycles. The fraction of sp³-hybridized carbons (Fsp3) is 1.00. The predicted molar refractivity (Wildman–Crippen MR) is 73.1 cm³/mol. The molecule has 0 aliphatic carbocycles. The van der Waals surface area contributed by atoms with Crippen LogP contribution in [-0.4, -0.2) is 50.3 Å². The Labute approximate surface area is 116 Å². The zero-order valence-corrected chi connectivity index (χ0v) is 12.3. The summed E-state index contributed by atoms with van der Waals surface area (Å²) < 4.78 is 16.6. The number of methoxy groups -OCH3 is 1. The maximum atomic E-state index is 10.4. The van der Waals surface area contributed by atoms with Gasteiger partial charge in [0.05, 0.1) is 11.7 Å². The molecule has 2 aliphatic heterocycles. The quantitative estimate of drug-likeness (QED) is 0.831. The highest BCUT2D eigenvalue weighted by atomic mass is 16.5. The summed E-state index contributed by atoms with van der Waals surface area (Å²) in [7, 11) is 1.72. The Hall–Kier alpha value is -0.160. The first-order valence-corrected chi connectivity index (χ1v) is 7.54. The predicted octanol–water partition coefficient (Wildman–Crippen LogP) is 2.00. The molecule has 112 valence electrons. The van der Waals surface area contributed by atoms with E-state index in [1.54, 1.807) is 7.11 Å². The first-order chi connectivity index (χ1) is 9.15. The Morgan fingerprint density at radius 1 is 1.32 bits per heavy atom. The number of aliphatic hydroxyl groups excluding tert-OH is 1. The summed E-state index contributed by atoms with van der Waals surface area (Å²) in [6.45, 7) is 5.22. The molecule has 2 rings (SSSR count). The maximum Gasteiger partial charge on any atom is 0.0730 e. The van der Waals surface area contributed by atoms with Crippen LogP contribution < -0.4 is 0 Å². The first-order valence-electron chi connectivity index (χ1n) is 7.54. The Morgan fingerprint density at radius 2 is 2.05 bits per heavy atom. The van der Waals surface area contributed by atoms with E-state index in [9.17, 15) is 5.11 Å². The van der Waals surface area contributed by atoms with Crippen molar-refractivity contribution in [2.75, 3.05) is 33.5 Å². The molecular weight excluding hydrogens is 244 g/mol. The molecule has 0 amide bonds. The lowest BCUT2D eigenvalue weighted by molar-refractivity contribution is -0.159. The molecule has 0 bridgehead atoms. The summed E-state index contributed by atoms with van der Waals surface area (Å²) in [5.74, 6) is 0.777. The average molecular weight is 272 g/mol. The number of rotatable bonds is 5. The van der Waals surface area contributed by atoms with Crippen molar-refractivity contribution in [2.45, 2.75) is 50.7 Å². The van der Waals surface area contributed by atoms with Crippen LogP contribution in [0.15, 0.2) is 0 Å². The van der Waals surface area contributed by atoms with Gasteiger partial charge in [0.1, 0.15) is 0 Å². The molecule has 19 heavy (non-hydrogen) atoms. The van der Waals surface area contributed by atoms with Crippen LogP contribution in [0.3, 0.4) is 0 Å². The van der Waals surface area contributed by atoms with Crippen LogP contribution in [-0.2, 0) is 14.2 Å². The lowest BCUT2D eigenvalue weighted by Crippen LogP contribution is -2.46. The largest absolute Gasteiger partial charge is 0.393 e. The summed E-state index contributed by atoms with van der Waals surface area (Å²) in [6.07, 6.45) is 4.51. The molecule has 2 saturated heterocycles. The van der Waals surface area contributed by atoms with Gasteiger partial charge in [-0.25, -0.2) is 0 Å². The smallest absolute Gasteiger partial charge is 0.0730 e. The second-order valence-electron chi connectivity index (χ2n) is 6.26. The van der Waals surface area contributed by atoms with E-state index >= 15 is 0 Å². The van der Waals surface area contributed by atoms with E-state index in [0.29, 0.717) is 11.8 Å². The minimum Gasteiger partial charge on any atom is -0.393 e. The monoisotopic (exact) mass is 272 g/mol. The average Bonchev–Trinajstić information content (AvgIpc) is 2.40. The standard InChI is InChI=1S/C15H28O4/c1-12(11-17-2)9-14(16)13-3-6-19-15(10-13)4-7-18-8-5-15/h12-14,16H,3-11H2,1-2H3. The van der Waals surface area contributed by atoms with Crippen LogP contribution in [0.4, 0.5) is 0 Å². The highest BCUT2D eigenvalue weighted by Crippen LogP contribution is 2.39. The van der Waals surface area contributed by atoms with E-state index in [1.807, 2.05) is 0 Å². The van der Waals surface area contributed by atoms with Gasteiger partial charge in [0.15, 0.2) is 0 Å². The Kier molecular flexibility index (Phi) is 5.63. The van der Waals surface area contributed by atoms with Gasteiger partial charge in [-0.3, -0.25) is 0 Å². The number of ether oxygens (including phenoxy) is 3. The molecule has 0 aromatic rings. The van der Waals surface area contributed by atoms with Gasteiger partial charge in [0.2, 0.25) is 0 Å². The molecule has 3 atom stereocenters. The van der Waals surface area contributed by atoms with Crippen molar-refractivity contribution >= 4 is 0 Å². The lowest BCUT2D eigenvalue weighted by Gasteiger charge is -2.44. The van der Waals surface area contributed by atoms with Gasteiger partial charge >= 0.3 is 0 Å². The second-order valence-corrected chi connectivity index (χ2v) is 6.26. The van der Waals surface area contributed by atoms with Crippen molar-refractivity contribution in [3.05, 3.63) is 0 Å². The van der Waals surface area contributed by atoms with Gasteiger partial charge in [-0.05, 0) is 43.9 Å². The van der Waals surface area contributed by atoms with Crippen LogP contribution >= 0.6 is 0 Å². The van der Waals surface area contributed by atoms with Gasteiger partial charge in [-0.1, -0.05) is 6.92 Å². The zero-order chi connectivity index (χ0) is 13.7. The minimum absolute atomic E-state index is 0.0212. The Balaban J connectivity index is 1.85. The molecule has 0 radical (unpaired) electrons. The zero-order valence-electron chi connectivity index (χ0n) is 12.3. The summed E-state index contributed by atoms with van der Waals surface area (Å²) in [6, 6.07) is 0. The maximum absolute atomic E-state index is 10.4. The van der Waals surface area contributed by atoms with Crippen molar-refractivity contribution in [1.82, 2.24) is 0 Å². The molecule has 4 heteroatoms. The van der Waals surface area contributed by atoms with Gasteiger partial charge in [0.25, 0.3) is 0 Å². The van der Waals surface area contributed by atoms with Crippen LogP contribution in [0.2, 0.25) is 0 Å². The molecule has 1 N–H and O–H groups in total. The molecule has 1 spiro atoms. The van der Waals surface area contributed by atoms with Crippen LogP contribution in [0, 0.1) is 11.8 Å². The topological polar surface area (TPSA) is 47.9 Å². The molecule has 4 nitrogen and oxygen atoms in total.